The summed E-state index contributed by atoms with van der Waals surface area (Å²) in [6.45, 7) is 3.26. The van der Waals surface area contributed by atoms with Crippen molar-refractivity contribution in [1.29, 1.82) is 0 Å². The number of methoxy groups -OCH3 is 1. The number of nitrogens with zero attached hydrogens (tertiary/aromatic N) is 1. The van der Waals surface area contributed by atoms with E-state index < -0.39 is 22.3 Å². The zero-order valence-corrected chi connectivity index (χ0v) is 12.9. The van der Waals surface area contributed by atoms with E-state index in [0.29, 0.717) is 5.56 Å². The van der Waals surface area contributed by atoms with E-state index in [9.17, 15) is 19.7 Å². The molecule has 0 aromatic heterocycles. The van der Waals surface area contributed by atoms with Crippen molar-refractivity contribution in [2.45, 2.75) is 19.4 Å². The molecule has 2 rings (SSSR count). The highest BCUT2D eigenvalue weighted by Gasteiger charge is 2.44. The van der Waals surface area contributed by atoms with Gasteiger partial charge in [0.1, 0.15) is 5.57 Å². The van der Waals surface area contributed by atoms with E-state index in [4.69, 9.17) is 9.47 Å². The Hall–Kier alpha value is -2.96. The minimum absolute atomic E-state index is 0.0426. The van der Waals surface area contributed by atoms with Gasteiger partial charge in [0.2, 0.25) is 0 Å². The van der Waals surface area contributed by atoms with Gasteiger partial charge in [0.15, 0.2) is 17.1 Å². The van der Waals surface area contributed by atoms with Crippen LogP contribution in [0.25, 0.3) is 6.08 Å². The molecule has 120 valence electrons. The number of allylic oxidation sites excluding steroid dienone is 1. The molecule has 7 heteroatoms. The zero-order valence-electron chi connectivity index (χ0n) is 12.9. The molecule has 0 fully saturated rings. The Labute approximate surface area is 132 Å². The largest absolute Gasteiger partial charge is 0.496 e. The average molecular weight is 317 g/mol. The normalized spacial score (nSPS) is 16.6. The van der Waals surface area contributed by atoms with Crippen LogP contribution in [-0.2, 0) is 19.1 Å². The molecule has 0 saturated heterocycles. The summed E-state index contributed by atoms with van der Waals surface area (Å²) >= 11 is 0. The molecule has 0 bridgehead atoms. The summed E-state index contributed by atoms with van der Waals surface area (Å²) in [7, 11) is 1.37. The molecular formula is C16H15NO6. The highest BCUT2D eigenvalue weighted by molar-refractivity contribution is 6.24. The highest BCUT2D eigenvalue weighted by Crippen LogP contribution is 2.33. The molecule has 0 spiro atoms. The van der Waals surface area contributed by atoms with Crippen LogP contribution >= 0.6 is 0 Å². The van der Waals surface area contributed by atoms with Crippen LogP contribution in [0.4, 0.5) is 5.69 Å². The summed E-state index contributed by atoms with van der Waals surface area (Å²) in [5.74, 6) is -1.10. The number of non-ortho nitro benzene ring substituents is 1. The van der Waals surface area contributed by atoms with Gasteiger partial charge in [-0.2, -0.15) is 0 Å². The first-order valence-corrected chi connectivity index (χ1v) is 6.75. The van der Waals surface area contributed by atoms with E-state index in [2.05, 4.69) is 0 Å². The summed E-state index contributed by atoms with van der Waals surface area (Å²) in [5, 5.41) is 10.6. The molecule has 0 saturated carbocycles. The van der Waals surface area contributed by atoms with Crippen LogP contribution in [-0.4, -0.2) is 29.4 Å². The van der Waals surface area contributed by atoms with Gasteiger partial charge >= 0.3 is 5.97 Å². The quantitative estimate of drug-likeness (QED) is 0.272. The maximum Gasteiger partial charge on any atom is 0.346 e. The predicted molar refractivity (Wildman–Crippen MR) is 81.3 cm³/mol. The number of carbonyl (C=O) groups is 2. The van der Waals surface area contributed by atoms with Gasteiger partial charge in [0, 0.05) is 12.1 Å². The SMILES string of the molecule is COC1=C(C(=O)/C=C/c2ccc([N+](=O)[O-])cc2)C(=O)OC1(C)C. The fourth-order valence-electron chi connectivity index (χ4n) is 2.25. The standard InChI is InChI=1S/C16H15NO6/c1-16(2)14(22-3)13(15(19)23-16)12(18)9-6-10-4-7-11(8-5-10)17(20)21/h4-9H,1-3H3/b9-6+. The molecule has 0 aliphatic carbocycles. The van der Waals surface area contributed by atoms with Gasteiger partial charge in [-0.1, -0.05) is 6.08 Å². The number of hydrogen-bond donors (Lipinski definition) is 0. The second kappa shape index (κ2) is 6.04. The number of rotatable bonds is 5. The van der Waals surface area contributed by atoms with Crippen molar-refractivity contribution >= 4 is 23.5 Å². The number of nitro benzene ring substituents is 1. The van der Waals surface area contributed by atoms with Crippen molar-refractivity contribution in [2.75, 3.05) is 7.11 Å². The van der Waals surface area contributed by atoms with Crippen molar-refractivity contribution in [3.05, 3.63) is 57.4 Å². The molecule has 23 heavy (non-hydrogen) atoms. The fourth-order valence-corrected chi connectivity index (χ4v) is 2.25. The summed E-state index contributed by atoms with van der Waals surface area (Å²) in [4.78, 5) is 34.1. The Morgan fingerprint density at radius 1 is 1.30 bits per heavy atom. The van der Waals surface area contributed by atoms with Crippen LogP contribution < -0.4 is 0 Å². The summed E-state index contributed by atoms with van der Waals surface area (Å²) < 4.78 is 10.2. The van der Waals surface area contributed by atoms with Gasteiger partial charge in [-0.25, -0.2) is 4.79 Å². The van der Waals surface area contributed by atoms with E-state index in [0.717, 1.165) is 0 Å². The fraction of sp³-hybridized carbons (Fsp3) is 0.250. The molecule has 1 heterocycles. The molecule has 1 aliphatic rings. The lowest BCUT2D eigenvalue weighted by Gasteiger charge is -2.19. The van der Waals surface area contributed by atoms with E-state index >= 15 is 0 Å². The summed E-state index contributed by atoms with van der Waals surface area (Å²) in [5.41, 5.74) is -0.582. The van der Waals surface area contributed by atoms with Crippen molar-refractivity contribution in [1.82, 2.24) is 0 Å². The molecule has 0 unspecified atom stereocenters. The Morgan fingerprint density at radius 2 is 1.91 bits per heavy atom. The molecule has 1 aromatic carbocycles. The molecular weight excluding hydrogens is 302 g/mol. The number of ether oxygens (including phenoxy) is 2. The van der Waals surface area contributed by atoms with Crippen LogP contribution in [0.2, 0.25) is 0 Å². The number of benzene rings is 1. The maximum absolute atomic E-state index is 12.2. The lowest BCUT2D eigenvalue weighted by Crippen LogP contribution is -2.23. The maximum atomic E-state index is 12.2. The predicted octanol–water partition coefficient (Wildman–Crippen LogP) is 2.41. The minimum Gasteiger partial charge on any atom is -0.496 e. The first kappa shape index (κ1) is 16.4. The number of carbonyl (C=O) groups excluding carboxylic acids is 2. The van der Waals surface area contributed by atoms with Gasteiger partial charge in [-0.3, -0.25) is 14.9 Å². The number of esters is 1. The van der Waals surface area contributed by atoms with Crippen molar-refractivity contribution < 1.29 is 24.0 Å². The van der Waals surface area contributed by atoms with Crippen LogP contribution in [0.3, 0.4) is 0 Å². The van der Waals surface area contributed by atoms with Crippen LogP contribution in [0.5, 0.6) is 0 Å². The lowest BCUT2D eigenvalue weighted by molar-refractivity contribution is -0.384. The minimum atomic E-state index is -0.988. The lowest BCUT2D eigenvalue weighted by atomic mass is 10.0. The third-order valence-corrected chi connectivity index (χ3v) is 3.31. The Balaban J connectivity index is 2.24. The summed E-state index contributed by atoms with van der Waals surface area (Å²) in [6, 6.07) is 5.67. The van der Waals surface area contributed by atoms with Crippen LogP contribution in [0, 0.1) is 10.1 Å². The highest BCUT2D eigenvalue weighted by atomic mass is 16.6. The Kier molecular flexibility index (Phi) is 4.31. The molecule has 0 radical (unpaired) electrons. The second-order valence-corrected chi connectivity index (χ2v) is 5.35. The van der Waals surface area contributed by atoms with Crippen molar-refractivity contribution in [3.63, 3.8) is 0 Å². The number of ketones is 1. The summed E-state index contributed by atoms with van der Waals surface area (Å²) in [6.07, 6.45) is 2.67. The average Bonchev–Trinajstić information content (AvgIpc) is 2.73. The topological polar surface area (TPSA) is 95.7 Å². The smallest absolute Gasteiger partial charge is 0.346 e. The van der Waals surface area contributed by atoms with Crippen LogP contribution in [0.15, 0.2) is 41.7 Å². The van der Waals surface area contributed by atoms with Gasteiger partial charge in [0.05, 0.1) is 12.0 Å². The first-order valence-electron chi connectivity index (χ1n) is 6.75. The van der Waals surface area contributed by atoms with Gasteiger partial charge in [0.25, 0.3) is 5.69 Å². The van der Waals surface area contributed by atoms with E-state index in [1.54, 1.807) is 13.8 Å². The molecule has 0 N–H and O–H groups in total. The molecule has 0 amide bonds. The first-order chi connectivity index (χ1) is 10.8. The third kappa shape index (κ3) is 3.28. The molecule has 0 atom stereocenters. The number of cyclic esters (lactones) is 1. The van der Waals surface area contributed by atoms with Crippen molar-refractivity contribution in [3.8, 4) is 0 Å². The van der Waals surface area contributed by atoms with E-state index in [1.807, 2.05) is 0 Å². The molecule has 7 nitrogen and oxygen atoms in total. The van der Waals surface area contributed by atoms with Gasteiger partial charge in [-0.05, 0) is 37.6 Å². The number of nitro groups is 1. The van der Waals surface area contributed by atoms with Crippen molar-refractivity contribution in [2.24, 2.45) is 0 Å². The van der Waals surface area contributed by atoms with E-state index in [1.165, 1.54) is 43.5 Å². The van der Waals surface area contributed by atoms with Crippen LogP contribution in [0.1, 0.15) is 19.4 Å². The molecule has 1 aromatic rings. The zero-order chi connectivity index (χ0) is 17.2. The van der Waals surface area contributed by atoms with Gasteiger partial charge in [-0.15, -0.1) is 0 Å². The Morgan fingerprint density at radius 3 is 2.43 bits per heavy atom. The molecule has 1 aliphatic heterocycles. The monoisotopic (exact) mass is 317 g/mol. The number of hydrogen-bond acceptors (Lipinski definition) is 6. The van der Waals surface area contributed by atoms with Gasteiger partial charge < -0.3 is 9.47 Å². The second-order valence-electron chi connectivity index (χ2n) is 5.35. The third-order valence-electron chi connectivity index (χ3n) is 3.31. The van der Waals surface area contributed by atoms with E-state index in [-0.39, 0.29) is 17.0 Å². The Bertz CT molecular complexity index is 727.